The van der Waals surface area contributed by atoms with Gasteiger partial charge in [0.2, 0.25) is 5.91 Å². The molecule has 1 saturated carbocycles. The normalized spacial score (nSPS) is 24.0. The number of nitriles is 2. The van der Waals surface area contributed by atoms with Crippen LogP contribution in [0.25, 0.3) is 16.6 Å². The van der Waals surface area contributed by atoms with Crippen molar-refractivity contribution in [3.8, 4) is 23.3 Å². The Kier molecular flexibility index (Phi) is 3.72. The zero-order valence-corrected chi connectivity index (χ0v) is 16.0. The topological polar surface area (TPSA) is 103 Å². The SMILES string of the molecule is C[C@@H]1CN(c2ccnn3cc(-c4cnn(CC#N)c4)cc23)C(=O)[C@]1(C#N)C1CC1. The summed E-state index contributed by atoms with van der Waals surface area (Å²) in [6.45, 7) is 2.72. The van der Waals surface area contributed by atoms with Gasteiger partial charge in [-0.25, -0.2) is 4.52 Å². The largest absolute Gasteiger partial charge is 0.309 e. The number of fused-ring (bicyclic) bond motifs is 1. The number of rotatable bonds is 4. The third kappa shape index (κ3) is 2.46. The second kappa shape index (κ2) is 6.18. The Morgan fingerprint density at radius 3 is 2.79 bits per heavy atom. The van der Waals surface area contributed by atoms with Gasteiger partial charge in [0, 0.05) is 42.2 Å². The monoisotopic (exact) mass is 385 g/mol. The molecule has 1 amide bonds. The fourth-order valence-corrected chi connectivity index (χ4v) is 4.57. The predicted octanol–water partition coefficient (Wildman–Crippen LogP) is 2.62. The van der Waals surface area contributed by atoms with Gasteiger partial charge in [-0.1, -0.05) is 6.92 Å². The second-order valence-electron chi connectivity index (χ2n) is 7.93. The van der Waals surface area contributed by atoms with E-state index >= 15 is 0 Å². The molecule has 1 saturated heterocycles. The molecule has 3 aromatic heterocycles. The van der Waals surface area contributed by atoms with Crippen LogP contribution in [-0.4, -0.2) is 31.8 Å². The van der Waals surface area contributed by atoms with E-state index in [0.717, 1.165) is 35.2 Å². The molecule has 8 heteroatoms. The summed E-state index contributed by atoms with van der Waals surface area (Å²) in [5, 5.41) is 27.3. The van der Waals surface area contributed by atoms with Gasteiger partial charge in [0.1, 0.15) is 12.0 Å². The van der Waals surface area contributed by atoms with Gasteiger partial charge in [0.15, 0.2) is 0 Å². The highest BCUT2D eigenvalue weighted by atomic mass is 16.2. The van der Waals surface area contributed by atoms with E-state index in [4.69, 9.17) is 5.26 Å². The lowest BCUT2D eigenvalue weighted by atomic mass is 9.75. The Labute approximate surface area is 167 Å². The number of aromatic nitrogens is 4. The van der Waals surface area contributed by atoms with E-state index in [1.165, 1.54) is 0 Å². The average Bonchev–Trinajstić information content (AvgIpc) is 3.20. The van der Waals surface area contributed by atoms with Crippen molar-refractivity contribution in [3.05, 3.63) is 36.9 Å². The number of hydrogen-bond acceptors (Lipinski definition) is 5. The van der Waals surface area contributed by atoms with Crippen molar-refractivity contribution in [2.75, 3.05) is 11.4 Å². The lowest BCUT2D eigenvalue weighted by Crippen LogP contribution is -2.37. The van der Waals surface area contributed by atoms with E-state index in [9.17, 15) is 10.1 Å². The Morgan fingerprint density at radius 1 is 1.24 bits per heavy atom. The summed E-state index contributed by atoms with van der Waals surface area (Å²) in [4.78, 5) is 15.1. The van der Waals surface area contributed by atoms with Gasteiger partial charge in [-0.05, 0) is 30.9 Å². The molecular weight excluding hydrogens is 366 g/mol. The summed E-state index contributed by atoms with van der Waals surface area (Å²) in [7, 11) is 0. The first kappa shape index (κ1) is 17.4. The van der Waals surface area contributed by atoms with Gasteiger partial charge >= 0.3 is 0 Å². The van der Waals surface area contributed by atoms with Crippen LogP contribution in [-0.2, 0) is 11.3 Å². The van der Waals surface area contributed by atoms with Crippen LogP contribution in [0, 0.1) is 39.9 Å². The zero-order chi connectivity index (χ0) is 20.2. The molecule has 0 bridgehead atoms. The third-order valence-corrected chi connectivity index (χ3v) is 6.22. The van der Waals surface area contributed by atoms with Crippen molar-refractivity contribution >= 4 is 17.1 Å². The summed E-state index contributed by atoms with van der Waals surface area (Å²) in [5.74, 6) is 0.0678. The van der Waals surface area contributed by atoms with E-state index in [0.29, 0.717) is 6.54 Å². The van der Waals surface area contributed by atoms with Crippen molar-refractivity contribution in [1.29, 1.82) is 10.5 Å². The molecule has 8 nitrogen and oxygen atoms in total. The van der Waals surface area contributed by atoms with Gasteiger partial charge in [-0.3, -0.25) is 9.48 Å². The van der Waals surface area contributed by atoms with Gasteiger partial charge in [0.25, 0.3) is 0 Å². The van der Waals surface area contributed by atoms with Crippen LogP contribution in [0.1, 0.15) is 19.8 Å². The molecule has 2 atom stereocenters. The Bertz CT molecular complexity index is 1210. The van der Waals surface area contributed by atoms with Crippen LogP contribution < -0.4 is 4.90 Å². The van der Waals surface area contributed by atoms with Gasteiger partial charge in [0.05, 0.1) is 29.5 Å². The first-order chi connectivity index (χ1) is 14.1. The molecule has 2 aliphatic rings. The number of anilines is 1. The molecule has 4 heterocycles. The van der Waals surface area contributed by atoms with Crippen molar-refractivity contribution < 1.29 is 4.79 Å². The Morgan fingerprint density at radius 2 is 2.07 bits per heavy atom. The first-order valence-corrected chi connectivity index (χ1v) is 9.69. The van der Waals surface area contributed by atoms with E-state index in [2.05, 4.69) is 22.3 Å². The van der Waals surface area contributed by atoms with E-state index in [1.807, 2.05) is 31.5 Å². The highest BCUT2D eigenvalue weighted by Gasteiger charge is 2.61. The van der Waals surface area contributed by atoms with Gasteiger partial charge in [-0.2, -0.15) is 20.7 Å². The predicted molar refractivity (Wildman–Crippen MR) is 104 cm³/mol. The van der Waals surface area contributed by atoms with Gasteiger partial charge < -0.3 is 4.90 Å². The lowest BCUT2D eigenvalue weighted by Gasteiger charge is -2.23. The zero-order valence-electron chi connectivity index (χ0n) is 16.0. The fraction of sp³-hybridized carbons (Fsp3) is 0.381. The summed E-state index contributed by atoms with van der Waals surface area (Å²) < 4.78 is 3.32. The molecule has 29 heavy (non-hydrogen) atoms. The number of carbonyl (C=O) groups excluding carboxylic acids is 1. The van der Waals surface area contributed by atoms with Crippen molar-refractivity contribution in [2.45, 2.75) is 26.3 Å². The number of amides is 1. The van der Waals surface area contributed by atoms with Crippen molar-refractivity contribution in [3.63, 3.8) is 0 Å². The highest BCUT2D eigenvalue weighted by molar-refractivity contribution is 6.05. The molecule has 1 aliphatic carbocycles. The van der Waals surface area contributed by atoms with Crippen molar-refractivity contribution in [2.24, 2.45) is 17.3 Å². The average molecular weight is 385 g/mol. The van der Waals surface area contributed by atoms with Crippen LogP contribution in [0.3, 0.4) is 0 Å². The minimum absolute atomic E-state index is 0.0145. The molecule has 144 valence electrons. The molecular formula is C21H19N7O. The number of carbonyl (C=O) groups is 1. The van der Waals surface area contributed by atoms with E-state index < -0.39 is 5.41 Å². The van der Waals surface area contributed by atoms with E-state index in [1.54, 1.807) is 26.5 Å². The molecule has 0 N–H and O–H groups in total. The van der Waals surface area contributed by atoms with Gasteiger partial charge in [-0.15, -0.1) is 0 Å². The number of hydrogen-bond donors (Lipinski definition) is 0. The molecule has 3 aromatic rings. The summed E-state index contributed by atoms with van der Waals surface area (Å²) in [6, 6.07) is 8.26. The molecule has 0 radical (unpaired) electrons. The smallest absolute Gasteiger partial charge is 0.248 e. The lowest BCUT2D eigenvalue weighted by molar-refractivity contribution is -0.124. The van der Waals surface area contributed by atoms with Crippen LogP contribution in [0.5, 0.6) is 0 Å². The summed E-state index contributed by atoms with van der Waals surface area (Å²) in [5.41, 5.74) is 2.45. The number of nitrogens with zero attached hydrogens (tertiary/aromatic N) is 7. The molecule has 5 rings (SSSR count). The van der Waals surface area contributed by atoms with Crippen LogP contribution in [0.15, 0.2) is 36.9 Å². The first-order valence-electron chi connectivity index (χ1n) is 9.69. The standard InChI is InChI=1S/C21H19N7O/c1-14-10-27(20(29)21(14,13-23)17-2-3-17)18-4-6-24-28-12-15(8-19(18)28)16-9-25-26(11-16)7-5-22/h4,6,8-9,11-12,14,17H,2-3,7,10H2,1H3/t14-,21+/m1/s1. The molecule has 0 spiro atoms. The molecule has 2 fully saturated rings. The van der Waals surface area contributed by atoms with E-state index in [-0.39, 0.29) is 24.3 Å². The maximum atomic E-state index is 13.4. The second-order valence-corrected chi connectivity index (χ2v) is 7.93. The third-order valence-electron chi connectivity index (χ3n) is 6.22. The molecule has 0 aromatic carbocycles. The summed E-state index contributed by atoms with van der Waals surface area (Å²) in [6.07, 6.45) is 8.98. The molecule has 1 aliphatic heterocycles. The molecule has 0 unspecified atom stereocenters. The minimum Gasteiger partial charge on any atom is -0.309 e. The Hall–Kier alpha value is -3.65. The minimum atomic E-state index is -0.909. The van der Waals surface area contributed by atoms with Crippen LogP contribution >= 0.6 is 0 Å². The maximum Gasteiger partial charge on any atom is 0.248 e. The fourth-order valence-electron chi connectivity index (χ4n) is 4.57. The highest BCUT2D eigenvalue weighted by Crippen LogP contribution is 2.54. The quantitative estimate of drug-likeness (QED) is 0.687. The van der Waals surface area contributed by atoms with Crippen molar-refractivity contribution in [1.82, 2.24) is 19.4 Å². The Balaban J connectivity index is 1.56. The van der Waals surface area contributed by atoms with Crippen LogP contribution in [0.4, 0.5) is 5.69 Å². The maximum absolute atomic E-state index is 13.4. The summed E-state index contributed by atoms with van der Waals surface area (Å²) >= 11 is 0. The van der Waals surface area contributed by atoms with Crippen LogP contribution in [0.2, 0.25) is 0 Å².